The van der Waals surface area contributed by atoms with Gasteiger partial charge >= 0.3 is 5.97 Å². The zero-order valence-electron chi connectivity index (χ0n) is 15.6. The van der Waals surface area contributed by atoms with Crippen LogP contribution in [0.25, 0.3) is 0 Å². The Balaban J connectivity index is 1.68. The molecule has 1 atom stereocenters. The molecule has 1 unspecified atom stereocenters. The summed E-state index contributed by atoms with van der Waals surface area (Å²) in [5, 5.41) is 0. The normalized spacial score (nSPS) is 17.3. The van der Waals surface area contributed by atoms with Gasteiger partial charge < -0.3 is 9.47 Å². The van der Waals surface area contributed by atoms with Gasteiger partial charge in [-0.05, 0) is 77.6 Å². The molecule has 1 aliphatic heterocycles. The number of ether oxygens (including phenoxy) is 2. The zero-order chi connectivity index (χ0) is 18.2. The van der Waals surface area contributed by atoms with E-state index in [1.165, 1.54) is 6.42 Å². The predicted octanol–water partition coefficient (Wildman–Crippen LogP) is 4.58. The molecule has 1 saturated heterocycles. The second-order valence-corrected chi connectivity index (χ2v) is 7.75. The van der Waals surface area contributed by atoms with Crippen molar-refractivity contribution in [1.82, 2.24) is 4.90 Å². The maximum absolute atomic E-state index is 11.5. The molecule has 5 heteroatoms. The van der Waals surface area contributed by atoms with Gasteiger partial charge in [0.15, 0.2) is 0 Å². The Morgan fingerprint density at radius 2 is 2.08 bits per heavy atom. The molecule has 0 bridgehead atoms. The zero-order valence-corrected chi connectivity index (χ0v) is 17.2. The summed E-state index contributed by atoms with van der Waals surface area (Å²) in [6.07, 6.45) is 4.77. The molecule has 1 aliphatic rings. The average molecular weight is 412 g/mol. The number of likely N-dealkylation sites (tertiary alicyclic amines) is 1. The summed E-state index contributed by atoms with van der Waals surface area (Å²) in [5.41, 5.74) is 1.15. The van der Waals surface area contributed by atoms with E-state index in [0.717, 1.165) is 54.1 Å². The molecule has 1 heterocycles. The van der Waals surface area contributed by atoms with Gasteiger partial charge in [-0.15, -0.1) is 0 Å². The van der Waals surface area contributed by atoms with Crippen LogP contribution >= 0.6 is 15.9 Å². The van der Waals surface area contributed by atoms with Crippen molar-refractivity contribution in [2.75, 3.05) is 26.2 Å². The molecular weight excluding hydrogens is 382 g/mol. The Morgan fingerprint density at radius 1 is 1.36 bits per heavy atom. The number of benzene rings is 1. The Hall–Kier alpha value is -1.07. The number of rotatable bonds is 8. The summed E-state index contributed by atoms with van der Waals surface area (Å²) in [6, 6.07) is 6.08. The van der Waals surface area contributed by atoms with E-state index in [1.54, 1.807) is 0 Å². The van der Waals surface area contributed by atoms with Crippen molar-refractivity contribution in [2.24, 2.45) is 5.92 Å². The fourth-order valence-electron chi connectivity index (χ4n) is 3.28. The Morgan fingerprint density at radius 3 is 2.76 bits per heavy atom. The van der Waals surface area contributed by atoms with Crippen LogP contribution in [-0.2, 0) is 9.53 Å². The molecule has 140 valence electrons. The van der Waals surface area contributed by atoms with Crippen LogP contribution in [0.4, 0.5) is 0 Å². The highest BCUT2D eigenvalue weighted by Gasteiger charge is 2.22. The van der Waals surface area contributed by atoms with Crippen LogP contribution < -0.4 is 4.74 Å². The molecule has 1 fully saturated rings. The minimum Gasteiger partial charge on any atom is -0.490 e. The van der Waals surface area contributed by atoms with Crippen molar-refractivity contribution in [3.63, 3.8) is 0 Å². The molecule has 2 rings (SSSR count). The largest absolute Gasteiger partial charge is 0.490 e. The highest BCUT2D eigenvalue weighted by atomic mass is 79.9. The van der Waals surface area contributed by atoms with Crippen LogP contribution in [0, 0.1) is 12.8 Å². The second kappa shape index (κ2) is 10.2. The lowest BCUT2D eigenvalue weighted by molar-refractivity contribution is -0.144. The van der Waals surface area contributed by atoms with E-state index in [2.05, 4.69) is 34.7 Å². The number of esters is 1. The van der Waals surface area contributed by atoms with Crippen molar-refractivity contribution in [2.45, 2.75) is 52.6 Å². The first kappa shape index (κ1) is 20.2. The molecular formula is C20H30BrNO3. The molecule has 0 N–H and O–H groups in total. The maximum atomic E-state index is 11.5. The van der Waals surface area contributed by atoms with Gasteiger partial charge in [-0.2, -0.15) is 0 Å². The third-order valence-electron chi connectivity index (χ3n) is 4.89. The first-order valence-electron chi connectivity index (χ1n) is 9.29. The van der Waals surface area contributed by atoms with E-state index < -0.39 is 0 Å². The van der Waals surface area contributed by atoms with Crippen LogP contribution in [0.1, 0.15) is 45.1 Å². The molecule has 1 aromatic rings. The molecule has 1 aromatic carbocycles. The molecule has 0 aromatic heterocycles. The van der Waals surface area contributed by atoms with Gasteiger partial charge in [-0.1, -0.05) is 22.0 Å². The number of hydrogen-bond acceptors (Lipinski definition) is 4. The molecule has 0 radical (unpaired) electrons. The van der Waals surface area contributed by atoms with Gasteiger partial charge in [0.25, 0.3) is 0 Å². The molecule has 0 aliphatic carbocycles. The Bertz CT molecular complexity index is 556. The Labute approximate surface area is 160 Å². The minimum absolute atomic E-state index is 0.104. The summed E-state index contributed by atoms with van der Waals surface area (Å²) < 4.78 is 12.2. The van der Waals surface area contributed by atoms with Crippen molar-refractivity contribution in [3.05, 3.63) is 28.2 Å². The quantitative estimate of drug-likeness (QED) is 0.586. The first-order chi connectivity index (χ1) is 12.0. The molecule has 0 saturated carbocycles. The van der Waals surface area contributed by atoms with Crippen molar-refractivity contribution in [1.29, 1.82) is 0 Å². The van der Waals surface area contributed by atoms with Gasteiger partial charge in [0.1, 0.15) is 5.75 Å². The summed E-state index contributed by atoms with van der Waals surface area (Å²) >= 11 is 3.55. The number of carbonyl (C=O) groups is 1. The summed E-state index contributed by atoms with van der Waals surface area (Å²) in [4.78, 5) is 13.8. The third kappa shape index (κ3) is 6.63. The molecule has 25 heavy (non-hydrogen) atoms. The van der Waals surface area contributed by atoms with Crippen LogP contribution in [0.3, 0.4) is 0 Å². The van der Waals surface area contributed by atoms with Crippen LogP contribution in [0.15, 0.2) is 22.7 Å². The third-order valence-corrected chi connectivity index (χ3v) is 5.75. The lowest BCUT2D eigenvalue weighted by Gasteiger charge is -2.31. The fourth-order valence-corrected chi connectivity index (χ4v) is 3.63. The van der Waals surface area contributed by atoms with Crippen LogP contribution in [0.5, 0.6) is 5.75 Å². The number of piperidine rings is 1. The first-order valence-corrected chi connectivity index (χ1v) is 10.1. The predicted molar refractivity (Wildman–Crippen MR) is 104 cm³/mol. The van der Waals surface area contributed by atoms with Crippen LogP contribution in [-0.4, -0.2) is 43.2 Å². The summed E-state index contributed by atoms with van der Waals surface area (Å²) in [7, 11) is 0. The van der Waals surface area contributed by atoms with E-state index in [9.17, 15) is 4.79 Å². The van der Waals surface area contributed by atoms with Crippen molar-refractivity contribution >= 4 is 21.9 Å². The maximum Gasteiger partial charge on any atom is 0.320 e. The van der Waals surface area contributed by atoms with E-state index >= 15 is 0 Å². The lowest BCUT2D eigenvalue weighted by Crippen LogP contribution is -2.38. The van der Waals surface area contributed by atoms with Gasteiger partial charge in [0.2, 0.25) is 0 Å². The average Bonchev–Trinajstić information content (AvgIpc) is 2.58. The molecule has 0 spiro atoms. The van der Waals surface area contributed by atoms with Crippen molar-refractivity contribution in [3.8, 4) is 5.75 Å². The minimum atomic E-state index is -0.104. The Kier molecular flexibility index (Phi) is 8.24. The number of halogens is 1. The second-order valence-electron chi connectivity index (χ2n) is 6.89. The van der Waals surface area contributed by atoms with Gasteiger partial charge in [-0.3, -0.25) is 9.69 Å². The fraction of sp³-hybridized carbons (Fsp3) is 0.650. The number of hydrogen-bond donors (Lipinski definition) is 0. The molecule has 4 nitrogen and oxygen atoms in total. The monoisotopic (exact) mass is 411 g/mol. The smallest absolute Gasteiger partial charge is 0.320 e. The standard InChI is InChI=1S/C20H30BrNO3/c1-4-24-20(23)14-22-12-10-17(11-13-22)9-8-15(2)25-19-7-5-6-18(21)16(19)3/h5-7,15,17H,4,8-14H2,1-3H3. The van der Waals surface area contributed by atoms with Gasteiger partial charge in [-0.25, -0.2) is 0 Å². The van der Waals surface area contributed by atoms with Gasteiger partial charge in [0, 0.05) is 10.0 Å². The van der Waals surface area contributed by atoms with E-state index in [4.69, 9.17) is 9.47 Å². The SMILES string of the molecule is CCOC(=O)CN1CCC(CCC(C)Oc2cccc(Br)c2C)CC1. The van der Waals surface area contributed by atoms with E-state index in [-0.39, 0.29) is 12.1 Å². The highest BCUT2D eigenvalue weighted by molar-refractivity contribution is 9.10. The molecule has 0 amide bonds. The van der Waals surface area contributed by atoms with E-state index in [0.29, 0.717) is 13.2 Å². The van der Waals surface area contributed by atoms with Crippen molar-refractivity contribution < 1.29 is 14.3 Å². The topological polar surface area (TPSA) is 38.8 Å². The van der Waals surface area contributed by atoms with Crippen LogP contribution in [0.2, 0.25) is 0 Å². The summed E-state index contributed by atoms with van der Waals surface area (Å²) in [6.45, 7) is 8.95. The van der Waals surface area contributed by atoms with E-state index in [1.807, 2.05) is 25.1 Å². The summed E-state index contributed by atoms with van der Waals surface area (Å²) in [5.74, 6) is 1.59. The van der Waals surface area contributed by atoms with Gasteiger partial charge in [0.05, 0.1) is 19.3 Å². The highest BCUT2D eigenvalue weighted by Crippen LogP contribution is 2.28. The number of carbonyl (C=O) groups excluding carboxylic acids is 1. The lowest BCUT2D eigenvalue weighted by atomic mass is 9.91. The number of nitrogens with zero attached hydrogens (tertiary/aromatic N) is 1.